The number of hydrogen-bond acceptors (Lipinski definition) is 6. The van der Waals surface area contributed by atoms with E-state index in [-0.39, 0.29) is 5.91 Å². The number of carbonyl (C=O) groups excluding carboxylic acids is 1. The van der Waals surface area contributed by atoms with Crippen LogP contribution in [-0.2, 0) is 4.79 Å². The van der Waals surface area contributed by atoms with E-state index in [9.17, 15) is 4.79 Å². The van der Waals surface area contributed by atoms with Crippen molar-refractivity contribution in [3.8, 4) is 23.0 Å². The number of rotatable bonds is 7. The molecule has 1 amide bonds. The Morgan fingerprint density at radius 2 is 1.50 bits per heavy atom. The summed E-state index contributed by atoms with van der Waals surface area (Å²) in [6, 6.07) is 14.9. The van der Waals surface area contributed by atoms with Crippen LogP contribution in [0.15, 0.2) is 59.0 Å². The minimum absolute atomic E-state index is 0.326. The van der Waals surface area contributed by atoms with Gasteiger partial charge in [-0.3, -0.25) is 4.79 Å². The Morgan fingerprint density at radius 3 is 2.16 bits per heavy atom. The summed E-state index contributed by atoms with van der Waals surface area (Å²) in [5.41, 5.74) is 2.67. The van der Waals surface area contributed by atoms with Crippen molar-refractivity contribution >= 4 is 39.6 Å². The molecule has 0 saturated heterocycles. The second-order valence-electron chi connectivity index (χ2n) is 6.93. The van der Waals surface area contributed by atoms with Crippen molar-refractivity contribution in [1.29, 1.82) is 0 Å². The van der Waals surface area contributed by atoms with E-state index in [1.54, 1.807) is 31.4 Å². The summed E-state index contributed by atoms with van der Waals surface area (Å²) in [6.07, 6.45) is 3.08. The Labute approximate surface area is 185 Å². The molecule has 0 fully saturated rings. The van der Waals surface area contributed by atoms with Crippen LogP contribution in [0.5, 0.6) is 23.0 Å². The lowest BCUT2D eigenvalue weighted by atomic mass is 10.1. The molecule has 164 valence electrons. The molecule has 0 spiro atoms. The summed E-state index contributed by atoms with van der Waals surface area (Å²) in [4.78, 5) is 12.6. The first-order valence-electron chi connectivity index (χ1n) is 9.86. The lowest BCUT2D eigenvalue weighted by molar-refractivity contribution is -0.111. The van der Waals surface area contributed by atoms with Gasteiger partial charge in [0.2, 0.25) is 11.7 Å². The van der Waals surface area contributed by atoms with E-state index in [0.29, 0.717) is 39.8 Å². The first kappa shape index (κ1) is 21.1. The average Bonchev–Trinajstić information content (AvgIpc) is 3.18. The second kappa shape index (κ2) is 8.93. The number of fused-ring (bicyclic) bond motifs is 3. The van der Waals surface area contributed by atoms with Gasteiger partial charge in [0.25, 0.3) is 0 Å². The number of para-hydroxylation sites is 1. The monoisotopic (exact) mass is 433 g/mol. The van der Waals surface area contributed by atoms with Crippen molar-refractivity contribution in [2.75, 3.05) is 33.8 Å². The van der Waals surface area contributed by atoms with Crippen LogP contribution in [0.25, 0.3) is 28.0 Å². The third kappa shape index (κ3) is 3.92. The summed E-state index contributed by atoms with van der Waals surface area (Å²) in [5.74, 6) is 1.71. The van der Waals surface area contributed by atoms with Crippen LogP contribution in [0.4, 0.5) is 5.69 Å². The summed E-state index contributed by atoms with van der Waals surface area (Å²) in [6.45, 7) is 0. The lowest BCUT2D eigenvalue weighted by Gasteiger charge is -2.13. The van der Waals surface area contributed by atoms with Crippen molar-refractivity contribution in [3.63, 3.8) is 0 Å². The van der Waals surface area contributed by atoms with E-state index in [4.69, 9.17) is 23.4 Å². The van der Waals surface area contributed by atoms with E-state index in [1.165, 1.54) is 27.4 Å². The maximum Gasteiger partial charge on any atom is 0.248 e. The van der Waals surface area contributed by atoms with Gasteiger partial charge in [0, 0.05) is 22.9 Å². The molecule has 4 rings (SSSR count). The summed E-state index contributed by atoms with van der Waals surface area (Å²) in [7, 11) is 6.18. The van der Waals surface area contributed by atoms with Crippen LogP contribution in [0.2, 0.25) is 0 Å². The molecular weight excluding hydrogens is 410 g/mol. The van der Waals surface area contributed by atoms with E-state index in [0.717, 1.165) is 16.4 Å². The third-order valence-corrected chi connectivity index (χ3v) is 5.07. The number of hydrogen-bond donors (Lipinski definition) is 1. The minimum atomic E-state index is -0.326. The van der Waals surface area contributed by atoms with Gasteiger partial charge < -0.3 is 28.7 Å². The number of methoxy groups -OCH3 is 4. The number of benzene rings is 3. The number of ether oxygens (including phenoxy) is 4. The molecule has 0 aliphatic rings. The van der Waals surface area contributed by atoms with Gasteiger partial charge in [-0.25, -0.2) is 0 Å². The van der Waals surface area contributed by atoms with Crippen LogP contribution < -0.4 is 24.3 Å². The molecule has 0 aliphatic heterocycles. The first-order valence-corrected chi connectivity index (χ1v) is 9.86. The zero-order valence-electron chi connectivity index (χ0n) is 18.2. The van der Waals surface area contributed by atoms with Gasteiger partial charge in [0.15, 0.2) is 11.5 Å². The predicted octanol–water partition coefficient (Wildman–Crippen LogP) is 5.27. The normalized spacial score (nSPS) is 11.1. The Bertz CT molecular complexity index is 1300. The van der Waals surface area contributed by atoms with Gasteiger partial charge in [-0.05, 0) is 35.9 Å². The number of amides is 1. The van der Waals surface area contributed by atoms with Gasteiger partial charge in [-0.2, -0.15) is 0 Å². The van der Waals surface area contributed by atoms with Crippen molar-refractivity contribution in [2.45, 2.75) is 0 Å². The lowest BCUT2D eigenvalue weighted by Crippen LogP contribution is -2.08. The van der Waals surface area contributed by atoms with E-state index in [2.05, 4.69) is 5.32 Å². The highest BCUT2D eigenvalue weighted by Crippen LogP contribution is 2.39. The fraction of sp³-hybridized carbons (Fsp3) is 0.160. The first-order chi connectivity index (χ1) is 15.6. The topological polar surface area (TPSA) is 79.2 Å². The zero-order valence-corrected chi connectivity index (χ0v) is 18.2. The SMILES string of the molecule is COc1cc2c(cc1NC(=O)/C=C/c1cc(OC)c(OC)c(OC)c1)oc1ccccc12. The van der Waals surface area contributed by atoms with Crippen LogP contribution in [0.3, 0.4) is 0 Å². The summed E-state index contributed by atoms with van der Waals surface area (Å²) >= 11 is 0. The number of anilines is 1. The van der Waals surface area contributed by atoms with E-state index < -0.39 is 0 Å². The molecule has 0 unspecified atom stereocenters. The Hall–Kier alpha value is -4.13. The number of nitrogens with one attached hydrogen (secondary N) is 1. The van der Waals surface area contributed by atoms with Crippen molar-refractivity contribution in [2.24, 2.45) is 0 Å². The quantitative estimate of drug-likeness (QED) is 0.400. The molecule has 1 N–H and O–H groups in total. The highest BCUT2D eigenvalue weighted by atomic mass is 16.5. The summed E-state index contributed by atoms with van der Waals surface area (Å²) in [5, 5.41) is 4.76. The molecule has 3 aromatic carbocycles. The fourth-order valence-electron chi connectivity index (χ4n) is 3.56. The van der Waals surface area contributed by atoms with Crippen molar-refractivity contribution in [1.82, 2.24) is 0 Å². The van der Waals surface area contributed by atoms with Gasteiger partial charge in [-0.15, -0.1) is 0 Å². The summed E-state index contributed by atoms with van der Waals surface area (Å²) < 4.78 is 27.4. The van der Waals surface area contributed by atoms with E-state index in [1.807, 2.05) is 30.3 Å². The molecule has 0 atom stereocenters. The fourth-order valence-corrected chi connectivity index (χ4v) is 3.56. The van der Waals surface area contributed by atoms with Gasteiger partial charge in [0.05, 0.1) is 34.1 Å². The molecule has 0 radical (unpaired) electrons. The van der Waals surface area contributed by atoms with Gasteiger partial charge >= 0.3 is 0 Å². The van der Waals surface area contributed by atoms with Gasteiger partial charge in [0.1, 0.15) is 16.9 Å². The minimum Gasteiger partial charge on any atom is -0.495 e. The Morgan fingerprint density at radius 1 is 0.812 bits per heavy atom. The molecular formula is C25H23NO6. The molecule has 0 saturated carbocycles. The van der Waals surface area contributed by atoms with Crippen molar-refractivity contribution in [3.05, 3.63) is 60.2 Å². The smallest absolute Gasteiger partial charge is 0.248 e. The molecule has 0 aliphatic carbocycles. The maximum absolute atomic E-state index is 12.6. The molecule has 0 bridgehead atoms. The van der Waals surface area contributed by atoms with Crippen LogP contribution in [0.1, 0.15) is 5.56 Å². The Balaban J connectivity index is 1.61. The largest absolute Gasteiger partial charge is 0.495 e. The number of carbonyl (C=O) groups is 1. The predicted molar refractivity (Wildman–Crippen MR) is 124 cm³/mol. The van der Waals surface area contributed by atoms with Crippen LogP contribution in [0, 0.1) is 0 Å². The molecule has 32 heavy (non-hydrogen) atoms. The second-order valence-corrected chi connectivity index (χ2v) is 6.93. The average molecular weight is 433 g/mol. The molecule has 1 aromatic heterocycles. The van der Waals surface area contributed by atoms with Crippen molar-refractivity contribution < 1.29 is 28.2 Å². The van der Waals surface area contributed by atoms with Crippen LogP contribution >= 0.6 is 0 Å². The maximum atomic E-state index is 12.6. The van der Waals surface area contributed by atoms with Crippen LogP contribution in [-0.4, -0.2) is 34.3 Å². The number of furan rings is 1. The molecule has 1 heterocycles. The van der Waals surface area contributed by atoms with E-state index >= 15 is 0 Å². The highest BCUT2D eigenvalue weighted by Gasteiger charge is 2.14. The molecule has 7 heteroatoms. The third-order valence-electron chi connectivity index (χ3n) is 5.07. The highest BCUT2D eigenvalue weighted by molar-refractivity contribution is 6.09. The van der Waals surface area contributed by atoms with Gasteiger partial charge in [-0.1, -0.05) is 18.2 Å². The standard InChI is InChI=1S/C25H23NO6/c1-28-21-13-17-16-7-5-6-8-19(16)32-20(17)14-18(21)26-24(27)10-9-15-11-22(29-2)25(31-4)23(12-15)30-3/h5-14H,1-4H3,(H,26,27)/b10-9+. The molecule has 7 nitrogen and oxygen atoms in total. The zero-order chi connectivity index (χ0) is 22.7. The Kier molecular flexibility index (Phi) is 5.89. The molecule has 4 aromatic rings.